The predicted octanol–water partition coefficient (Wildman–Crippen LogP) is 3.03. The molecule has 1 saturated carbocycles. The molecule has 32 heavy (non-hydrogen) atoms. The van der Waals surface area contributed by atoms with Crippen LogP contribution in [0.5, 0.6) is 0 Å². The Morgan fingerprint density at radius 3 is 2.53 bits per heavy atom. The van der Waals surface area contributed by atoms with Gasteiger partial charge in [-0.3, -0.25) is 19.3 Å². The molecule has 166 valence electrons. The summed E-state index contributed by atoms with van der Waals surface area (Å²) in [6, 6.07) is 12.8. The average Bonchev–Trinajstić information content (AvgIpc) is 3.56. The lowest BCUT2D eigenvalue weighted by Crippen LogP contribution is -2.44. The second-order valence-corrected chi connectivity index (χ2v) is 8.40. The van der Waals surface area contributed by atoms with E-state index in [0.717, 1.165) is 17.7 Å². The van der Waals surface area contributed by atoms with Gasteiger partial charge < -0.3 is 16.0 Å². The number of hydrogen-bond donors (Lipinski definition) is 3. The Morgan fingerprint density at radius 1 is 1.16 bits per heavy atom. The second-order valence-electron chi connectivity index (χ2n) is 7.96. The van der Waals surface area contributed by atoms with E-state index >= 15 is 0 Å². The van der Waals surface area contributed by atoms with Crippen LogP contribution < -0.4 is 16.0 Å². The standard InChI is InChI=1S/C23H23ClN4O4/c1-2-23(15-6-8-16(24)9-7-15)21(31)28(22(32)27-23)13-19(29)25-18-5-3-4-14(12-18)20(30)26-17-10-11-17/h3-9,12,17H,2,10-11,13H2,1H3,(H,25,29)(H,26,30)(H,27,32). The third-order valence-electron chi connectivity index (χ3n) is 5.67. The normalized spacial score (nSPS) is 20.1. The van der Waals surface area contributed by atoms with Gasteiger partial charge in [0.15, 0.2) is 0 Å². The van der Waals surface area contributed by atoms with Crippen LogP contribution >= 0.6 is 11.6 Å². The van der Waals surface area contributed by atoms with Crippen LogP contribution in [0, 0.1) is 0 Å². The molecule has 1 aliphatic heterocycles. The van der Waals surface area contributed by atoms with Gasteiger partial charge in [-0.1, -0.05) is 36.7 Å². The smallest absolute Gasteiger partial charge is 0.325 e. The van der Waals surface area contributed by atoms with E-state index in [1.807, 2.05) is 0 Å². The van der Waals surface area contributed by atoms with Crippen LogP contribution in [-0.2, 0) is 15.1 Å². The van der Waals surface area contributed by atoms with Gasteiger partial charge >= 0.3 is 6.03 Å². The predicted molar refractivity (Wildman–Crippen MR) is 119 cm³/mol. The number of nitrogens with one attached hydrogen (secondary N) is 3. The fourth-order valence-electron chi connectivity index (χ4n) is 3.72. The Bertz CT molecular complexity index is 1080. The average molecular weight is 455 g/mol. The fourth-order valence-corrected chi connectivity index (χ4v) is 3.85. The molecule has 2 aromatic rings. The topological polar surface area (TPSA) is 108 Å². The zero-order valence-corrected chi connectivity index (χ0v) is 18.2. The van der Waals surface area contributed by atoms with Crippen molar-refractivity contribution in [3.63, 3.8) is 0 Å². The molecular formula is C23H23ClN4O4. The second kappa shape index (κ2) is 8.63. The van der Waals surface area contributed by atoms with Crippen LogP contribution in [0.25, 0.3) is 0 Å². The van der Waals surface area contributed by atoms with Crippen molar-refractivity contribution in [3.05, 3.63) is 64.7 Å². The molecule has 3 N–H and O–H groups in total. The SMILES string of the molecule is CCC1(c2ccc(Cl)cc2)NC(=O)N(CC(=O)Nc2cccc(C(=O)NC3CC3)c2)C1=O. The number of urea groups is 1. The minimum atomic E-state index is -1.25. The molecule has 0 radical (unpaired) electrons. The van der Waals surface area contributed by atoms with Gasteiger partial charge in [0.2, 0.25) is 5.91 Å². The zero-order chi connectivity index (χ0) is 22.9. The van der Waals surface area contributed by atoms with Crippen LogP contribution in [0.2, 0.25) is 5.02 Å². The number of rotatable bonds is 7. The molecule has 5 amide bonds. The van der Waals surface area contributed by atoms with Crippen LogP contribution in [0.1, 0.15) is 42.1 Å². The first-order valence-electron chi connectivity index (χ1n) is 10.4. The Hall–Kier alpha value is -3.39. The summed E-state index contributed by atoms with van der Waals surface area (Å²) in [5.74, 6) is -1.25. The van der Waals surface area contributed by atoms with Gasteiger partial charge in [-0.15, -0.1) is 0 Å². The van der Waals surface area contributed by atoms with Gasteiger partial charge in [-0.25, -0.2) is 4.79 Å². The molecule has 0 bridgehead atoms. The number of carbonyl (C=O) groups is 4. The van der Waals surface area contributed by atoms with E-state index in [1.165, 1.54) is 0 Å². The molecule has 0 spiro atoms. The summed E-state index contributed by atoms with van der Waals surface area (Å²) in [5.41, 5.74) is 0.186. The highest BCUT2D eigenvalue weighted by atomic mass is 35.5. The van der Waals surface area contributed by atoms with Gasteiger partial charge in [0.1, 0.15) is 12.1 Å². The van der Waals surface area contributed by atoms with Crippen molar-refractivity contribution in [1.82, 2.24) is 15.5 Å². The molecule has 1 heterocycles. The van der Waals surface area contributed by atoms with Crippen molar-refractivity contribution >= 4 is 41.0 Å². The molecule has 2 aromatic carbocycles. The number of hydrogen-bond acceptors (Lipinski definition) is 4. The molecule has 9 heteroatoms. The number of anilines is 1. The zero-order valence-electron chi connectivity index (χ0n) is 17.5. The first-order valence-corrected chi connectivity index (χ1v) is 10.8. The molecule has 1 aliphatic carbocycles. The summed E-state index contributed by atoms with van der Waals surface area (Å²) >= 11 is 5.94. The Labute approximate surface area is 190 Å². The lowest BCUT2D eigenvalue weighted by molar-refractivity contribution is -0.134. The highest BCUT2D eigenvalue weighted by Crippen LogP contribution is 2.33. The third-order valence-corrected chi connectivity index (χ3v) is 5.92. The molecule has 2 fully saturated rings. The third kappa shape index (κ3) is 4.31. The van der Waals surface area contributed by atoms with Crippen molar-refractivity contribution < 1.29 is 19.2 Å². The monoisotopic (exact) mass is 454 g/mol. The van der Waals surface area contributed by atoms with Crippen molar-refractivity contribution in [2.75, 3.05) is 11.9 Å². The van der Waals surface area contributed by atoms with Crippen molar-refractivity contribution in [2.24, 2.45) is 0 Å². The van der Waals surface area contributed by atoms with E-state index in [4.69, 9.17) is 11.6 Å². The van der Waals surface area contributed by atoms with Crippen LogP contribution in [0.15, 0.2) is 48.5 Å². The van der Waals surface area contributed by atoms with Crippen LogP contribution in [-0.4, -0.2) is 41.2 Å². The van der Waals surface area contributed by atoms with Crippen molar-refractivity contribution in [2.45, 2.75) is 37.8 Å². The van der Waals surface area contributed by atoms with E-state index in [1.54, 1.807) is 55.5 Å². The summed E-state index contributed by atoms with van der Waals surface area (Å²) < 4.78 is 0. The van der Waals surface area contributed by atoms with E-state index in [-0.39, 0.29) is 11.9 Å². The molecule has 0 aromatic heterocycles. The fraction of sp³-hybridized carbons (Fsp3) is 0.304. The number of halogens is 1. The highest BCUT2D eigenvalue weighted by Gasteiger charge is 2.51. The maximum atomic E-state index is 13.2. The van der Waals surface area contributed by atoms with E-state index in [9.17, 15) is 19.2 Å². The first kappa shape index (κ1) is 21.8. The van der Waals surface area contributed by atoms with Crippen molar-refractivity contribution in [3.8, 4) is 0 Å². The van der Waals surface area contributed by atoms with Gasteiger partial charge in [-0.05, 0) is 55.2 Å². The van der Waals surface area contributed by atoms with E-state index < -0.39 is 29.9 Å². The van der Waals surface area contributed by atoms with E-state index in [2.05, 4.69) is 16.0 Å². The van der Waals surface area contributed by atoms with Gasteiger partial charge in [0, 0.05) is 22.3 Å². The van der Waals surface area contributed by atoms with Crippen molar-refractivity contribution in [1.29, 1.82) is 0 Å². The largest absolute Gasteiger partial charge is 0.349 e. The number of amides is 5. The highest BCUT2D eigenvalue weighted by molar-refractivity contribution is 6.30. The molecule has 2 aliphatic rings. The summed E-state index contributed by atoms with van der Waals surface area (Å²) in [7, 11) is 0. The lowest BCUT2D eigenvalue weighted by Gasteiger charge is -2.25. The maximum absolute atomic E-state index is 13.2. The van der Waals surface area contributed by atoms with Gasteiger partial charge in [0.25, 0.3) is 11.8 Å². The van der Waals surface area contributed by atoms with Gasteiger partial charge in [0.05, 0.1) is 0 Å². The Balaban J connectivity index is 1.45. The molecular weight excluding hydrogens is 432 g/mol. The lowest BCUT2D eigenvalue weighted by atomic mass is 9.87. The molecule has 1 unspecified atom stereocenters. The van der Waals surface area contributed by atoms with Crippen LogP contribution in [0.4, 0.5) is 10.5 Å². The number of imide groups is 1. The minimum absolute atomic E-state index is 0.201. The summed E-state index contributed by atoms with van der Waals surface area (Å²) in [6.45, 7) is 1.34. The Morgan fingerprint density at radius 2 is 1.88 bits per heavy atom. The summed E-state index contributed by atoms with van der Waals surface area (Å²) in [6.07, 6.45) is 2.27. The minimum Gasteiger partial charge on any atom is -0.349 e. The number of benzene rings is 2. The number of nitrogens with zero attached hydrogens (tertiary/aromatic N) is 1. The molecule has 4 rings (SSSR count). The van der Waals surface area contributed by atoms with E-state index in [0.29, 0.717) is 28.3 Å². The van der Waals surface area contributed by atoms with Gasteiger partial charge in [-0.2, -0.15) is 0 Å². The number of carbonyl (C=O) groups excluding carboxylic acids is 4. The summed E-state index contributed by atoms with van der Waals surface area (Å²) in [4.78, 5) is 51.5. The molecule has 1 saturated heterocycles. The summed E-state index contributed by atoms with van der Waals surface area (Å²) in [5, 5.41) is 8.79. The first-order chi connectivity index (χ1) is 15.3. The molecule has 8 nitrogen and oxygen atoms in total. The quantitative estimate of drug-likeness (QED) is 0.559. The molecule has 1 atom stereocenters. The maximum Gasteiger partial charge on any atom is 0.325 e. The Kier molecular flexibility index (Phi) is 5.88. The van der Waals surface area contributed by atoms with Crippen LogP contribution in [0.3, 0.4) is 0 Å².